The van der Waals surface area contributed by atoms with Crippen molar-refractivity contribution in [2.75, 3.05) is 18.8 Å². The normalized spacial score (nSPS) is 11.6. The molecule has 21 heavy (non-hydrogen) atoms. The van der Waals surface area contributed by atoms with Gasteiger partial charge >= 0.3 is 0 Å². The number of anilines is 1. The molecule has 0 fully saturated rings. The van der Waals surface area contributed by atoms with Gasteiger partial charge in [-0.2, -0.15) is 0 Å². The summed E-state index contributed by atoms with van der Waals surface area (Å²) < 4.78 is 28.0. The molecular weight excluding hydrogens is 352 g/mol. The van der Waals surface area contributed by atoms with Crippen LogP contribution in [0.3, 0.4) is 0 Å². The fourth-order valence-corrected chi connectivity index (χ4v) is 3.59. The van der Waals surface area contributed by atoms with E-state index in [1.165, 1.54) is 0 Å². The molecule has 2 aromatic carbocycles. The number of sulfonamides is 1. The van der Waals surface area contributed by atoms with Gasteiger partial charge in [-0.3, -0.25) is 4.72 Å². The van der Waals surface area contributed by atoms with Crippen LogP contribution in [0.15, 0.2) is 57.9 Å². The van der Waals surface area contributed by atoms with Crippen LogP contribution in [0.1, 0.15) is 5.56 Å². The van der Waals surface area contributed by atoms with E-state index < -0.39 is 10.0 Å². The number of nitrogens with zero attached hydrogens (tertiary/aromatic N) is 1. The average Bonchev–Trinajstić information content (AvgIpc) is 2.37. The summed E-state index contributed by atoms with van der Waals surface area (Å²) in [5.74, 6) is 0. The lowest BCUT2D eigenvalue weighted by molar-refractivity contribution is 0.402. The molecule has 2 aromatic rings. The maximum absolute atomic E-state index is 12.3. The second-order valence-corrected chi connectivity index (χ2v) is 7.60. The number of hydrogen-bond donors (Lipinski definition) is 1. The average molecular weight is 369 g/mol. The largest absolute Gasteiger partial charge is 0.305 e. The topological polar surface area (TPSA) is 49.4 Å². The van der Waals surface area contributed by atoms with Crippen LogP contribution >= 0.6 is 15.9 Å². The molecular formula is C15H17BrN2O2S. The van der Waals surface area contributed by atoms with E-state index >= 15 is 0 Å². The molecule has 112 valence electrons. The van der Waals surface area contributed by atoms with Gasteiger partial charge in [0.2, 0.25) is 0 Å². The number of rotatable bonds is 5. The molecule has 0 aliphatic carbocycles. The van der Waals surface area contributed by atoms with Crippen LogP contribution in [-0.4, -0.2) is 27.4 Å². The highest BCUT2D eigenvalue weighted by atomic mass is 79.9. The molecule has 0 heterocycles. The van der Waals surface area contributed by atoms with Crippen molar-refractivity contribution in [3.8, 4) is 0 Å². The lowest BCUT2D eigenvalue weighted by atomic mass is 10.2. The second kappa shape index (κ2) is 6.60. The Bertz CT molecular complexity index is 730. The highest BCUT2D eigenvalue weighted by Crippen LogP contribution is 2.20. The van der Waals surface area contributed by atoms with Crippen LogP contribution in [0.25, 0.3) is 0 Å². The van der Waals surface area contributed by atoms with Gasteiger partial charge in [-0.25, -0.2) is 8.42 Å². The molecule has 0 saturated heterocycles. The van der Waals surface area contributed by atoms with Crippen LogP contribution in [0, 0.1) is 0 Å². The summed E-state index contributed by atoms with van der Waals surface area (Å²) in [4.78, 5) is 2.26. The second-order valence-electron chi connectivity index (χ2n) is 5.00. The van der Waals surface area contributed by atoms with E-state index in [0.29, 0.717) is 5.69 Å². The maximum atomic E-state index is 12.3. The van der Waals surface area contributed by atoms with Gasteiger partial charge in [0.15, 0.2) is 0 Å². The standard InChI is InChI=1S/C15H17BrN2O2S/c1-18(2)11-12-5-3-7-14(9-12)17-21(19,20)15-8-4-6-13(16)10-15/h3-10,17H,11H2,1-2H3. The van der Waals surface area contributed by atoms with Crippen molar-refractivity contribution in [2.24, 2.45) is 0 Å². The Labute approximate surface area is 134 Å². The summed E-state index contributed by atoms with van der Waals surface area (Å²) in [6.45, 7) is 0.756. The third-order valence-corrected chi connectivity index (χ3v) is 4.66. The Morgan fingerprint density at radius 1 is 1.10 bits per heavy atom. The van der Waals surface area contributed by atoms with E-state index in [4.69, 9.17) is 0 Å². The van der Waals surface area contributed by atoms with E-state index in [1.54, 1.807) is 30.3 Å². The monoisotopic (exact) mass is 368 g/mol. The number of hydrogen-bond acceptors (Lipinski definition) is 3. The number of halogens is 1. The van der Waals surface area contributed by atoms with Crippen molar-refractivity contribution in [1.29, 1.82) is 0 Å². The Morgan fingerprint density at radius 3 is 2.48 bits per heavy atom. The SMILES string of the molecule is CN(C)Cc1cccc(NS(=O)(=O)c2cccc(Br)c2)c1. The molecule has 0 spiro atoms. The molecule has 4 nitrogen and oxygen atoms in total. The van der Waals surface area contributed by atoms with Crippen LogP contribution in [0.2, 0.25) is 0 Å². The Balaban J connectivity index is 2.24. The van der Waals surface area contributed by atoms with Crippen LogP contribution < -0.4 is 4.72 Å². The Hall–Kier alpha value is -1.37. The molecule has 0 saturated carbocycles. The zero-order valence-corrected chi connectivity index (χ0v) is 14.3. The van der Waals surface area contributed by atoms with E-state index in [9.17, 15) is 8.42 Å². The zero-order valence-electron chi connectivity index (χ0n) is 11.9. The summed E-state index contributed by atoms with van der Waals surface area (Å²) in [6, 6.07) is 14.0. The molecule has 2 rings (SSSR count). The summed E-state index contributed by atoms with van der Waals surface area (Å²) in [7, 11) is 0.366. The van der Waals surface area contributed by atoms with Crippen molar-refractivity contribution >= 4 is 31.6 Å². The van der Waals surface area contributed by atoms with Gasteiger partial charge in [0.1, 0.15) is 0 Å². The van der Waals surface area contributed by atoms with Gasteiger partial charge in [0, 0.05) is 16.7 Å². The lowest BCUT2D eigenvalue weighted by Crippen LogP contribution is -2.14. The fourth-order valence-electron chi connectivity index (χ4n) is 1.95. The van der Waals surface area contributed by atoms with Gasteiger partial charge < -0.3 is 4.90 Å². The summed E-state index contributed by atoms with van der Waals surface area (Å²) in [5, 5.41) is 0. The van der Waals surface area contributed by atoms with Crippen molar-refractivity contribution < 1.29 is 8.42 Å². The molecule has 6 heteroatoms. The van der Waals surface area contributed by atoms with Gasteiger partial charge in [-0.1, -0.05) is 34.1 Å². The maximum Gasteiger partial charge on any atom is 0.261 e. The molecule has 0 radical (unpaired) electrons. The van der Waals surface area contributed by atoms with E-state index in [0.717, 1.165) is 16.6 Å². The first-order valence-electron chi connectivity index (χ1n) is 6.39. The van der Waals surface area contributed by atoms with Crippen LogP contribution in [0.5, 0.6) is 0 Å². The van der Waals surface area contributed by atoms with Crippen molar-refractivity contribution in [3.63, 3.8) is 0 Å². The van der Waals surface area contributed by atoms with Gasteiger partial charge in [0.05, 0.1) is 4.90 Å². The first-order chi connectivity index (χ1) is 9.87. The molecule has 0 unspecified atom stereocenters. The molecule has 1 N–H and O–H groups in total. The number of nitrogens with one attached hydrogen (secondary N) is 1. The highest BCUT2D eigenvalue weighted by molar-refractivity contribution is 9.10. The third-order valence-electron chi connectivity index (χ3n) is 2.78. The van der Waals surface area contributed by atoms with Gasteiger partial charge in [-0.05, 0) is 50.0 Å². The minimum absolute atomic E-state index is 0.231. The third kappa shape index (κ3) is 4.56. The molecule has 0 aliphatic rings. The minimum atomic E-state index is -3.57. The Kier molecular flexibility index (Phi) is 5.03. The van der Waals surface area contributed by atoms with E-state index in [-0.39, 0.29) is 4.90 Å². The van der Waals surface area contributed by atoms with Crippen molar-refractivity contribution in [1.82, 2.24) is 4.90 Å². The quantitative estimate of drug-likeness (QED) is 0.880. The summed E-state index contributed by atoms with van der Waals surface area (Å²) >= 11 is 3.28. The van der Waals surface area contributed by atoms with Gasteiger partial charge in [-0.15, -0.1) is 0 Å². The van der Waals surface area contributed by atoms with Crippen LogP contribution in [-0.2, 0) is 16.6 Å². The van der Waals surface area contributed by atoms with Crippen molar-refractivity contribution in [3.05, 3.63) is 58.6 Å². The molecule has 0 amide bonds. The summed E-state index contributed by atoms with van der Waals surface area (Å²) in [5.41, 5.74) is 1.61. The predicted octanol–water partition coefficient (Wildman–Crippen LogP) is 3.31. The first kappa shape index (κ1) is 16.0. The van der Waals surface area contributed by atoms with E-state index in [2.05, 4.69) is 20.7 Å². The summed E-state index contributed by atoms with van der Waals surface area (Å²) in [6.07, 6.45) is 0. The molecule has 0 aromatic heterocycles. The molecule has 0 atom stereocenters. The van der Waals surface area contributed by atoms with Crippen LogP contribution in [0.4, 0.5) is 5.69 Å². The smallest absolute Gasteiger partial charge is 0.261 e. The first-order valence-corrected chi connectivity index (χ1v) is 8.66. The number of benzene rings is 2. The highest BCUT2D eigenvalue weighted by Gasteiger charge is 2.14. The lowest BCUT2D eigenvalue weighted by Gasteiger charge is -2.12. The predicted molar refractivity (Wildman–Crippen MR) is 88.8 cm³/mol. The molecule has 0 bridgehead atoms. The molecule has 0 aliphatic heterocycles. The zero-order chi connectivity index (χ0) is 15.5. The Morgan fingerprint density at radius 2 is 1.81 bits per heavy atom. The van der Waals surface area contributed by atoms with E-state index in [1.807, 2.05) is 37.2 Å². The van der Waals surface area contributed by atoms with Crippen molar-refractivity contribution in [2.45, 2.75) is 11.4 Å². The minimum Gasteiger partial charge on any atom is -0.305 e. The fraction of sp³-hybridized carbons (Fsp3) is 0.200. The van der Waals surface area contributed by atoms with Gasteiger partial charge in [0.25, 0.3) is 10.0 Å².